The number of rotatable bonds is 5. The maximum Gasteiger partial charge on any atom is 0.269 e. The molecule has 0 N–H and O–H groups in total. The molecule has 32 heavy (non-hydrogen) atoms. The van der Waals surface area contributed by atoms with E-state index < -0.39 is 14.8 Å². The molecule has 0 saturated carbocycles. The zero-order valence-corrected chi connectivity index (χ0v) is 18.8. The first-order valence-corrected chi connectivity index (χ1v) is 12.5. The number of hydrogen-bond acceptors (Lipinski definition) is 8. The minimum absolute atomic E-state index is 0.00287. The van der Waals surface area contributed by atoms with Crippen LogP contribution in [0.5, 0.6) is 0 Å². The van der Waals surface area contributed by atoms with Crippen LogP contribution in [0.3, 0.4) is 0 Å². The number of para-hydroxylation sites is 1. The van der Waals surface area contributed by atoms with Gasteiger partial charge in [-0.25, -0.2) is 13.4 Å². The lowest BCUT2D eigenvalue weighted by molar-refractivity contribution is -0.384. The van der Waals surface area contributed by atoms with Crippen LogP contribution in [0, 0.1) is 10.1 Å². The number of fused-ring (bicyclic) bond motifs is 1. The van der Waals surface area contributed by atoms with Crippen molar-refractivity contribution in [1.29, 1.82) is 0 Å². The Bertz CT molecular complexity index is 1310. The Morgan fingerprint density at radius 3 is 2.44 bits per heavy atom. The van der Waals surface area contributed by atoms with Crippen LogP contribution in [-0.2, 0) is 14.6 Å². The van der Waals surface area contributed by atoms with E-state index in [-0.39, 0.29) is 16.5 Å². The van der Waals surface area contributed by atoms with Crippen LogP contribution >= 0.6 is 11.3 Å². The number of benzene rings is 2. The van der Waals surface area contributed by atoms with Gasteiger partial charge in [0, 0.05) is 50.6 Å². The standard InChI is InChI=1S/C21H20N4O5S2/c1-32(29,30)18-4-2-3-17-20(18)22-21(31-17)24-13-11-23(12-14-24)19(26)10-7-15-5-8-16(9-6-15)25(27)28/h2-10H,11-14H2,1H3/b10-7-. The van der Waals surface area contributed by atoms with Crippen molar-refractivity contribution in [1.82, 2.24) is 9.88 Å². The second-order valence-electron chi connectivity index (χ2n) is 7.37. The number of hydrogen-bond donors (Lipinski definition) is 0. The molecule has 1 saturated heterocycles. The molecule has 1 fully saturated rings. The molecule has 0 bridgehead atoms. The number of piperazine rings is 1. The molecule has 0 aliphatic carbocycles. The lowest BCUT2D eigenvalue weighted by atomic mass is 10.2. The van der Waals surface area contributed by atoms with Crippen molar-refractivity contribution >= 4 is 54.2 Å². The van der Waals surface area contributed by atoms with E-state index in [0.717, 1.165) is 9.83 Å². The van der Waals surface area contributed by atoms with E-state index in [1.54, 1.807) is 35.2 Å². The fraction of sp³-hybridized carbons (Fsp3) is 0.238. The number of carbonyl (C=O) groups is 1. The van der Waals surface area contributed by atoms with Crippen molar-refractivity contribution in [3.8, 4) is 0 Å². The van der Waals surface area contributed by atoms with Crippen LogP contribution < -0.4 is 4.90 Å². The minimum atomic E-state index is -3.37. The number of non-ortho nitro benzene ring substituents is 1. The van der Waals surface area contributed by atoms with Gasteiger partial charge < -0.3 is 9.80 Å². The molecule has 2 heterocycles. The van der Waals surface area contributed by atoms with Gasteiger partial charge in [0.2, 0.25) is 5.91 Å². The number of thiazole rings is 1. The number of nitro benzene ring substituents is 1. The quantitative estimate of drug-likeness (QED) is 0.319. The maximum atomic E-state index is 12.5. The Balaban J connectivity index is 1.40. The number of carbonyl (C=O) groups excluding carboxylic acids is 1. The third-order valence-corrected chi connectivity index (χ3v) is 7.36. The van der Waals surface area contributed by atoms with Gasteiger partial charge in [0.25, 0.3) is 5.69 Å². The molecule has 1 amide bonds. The van der Waals surface area contributed by atoms with Gasteiger partial charge in [-0.2, -0.15) is 0 Å². The summed E-state index contributed by atoms with van der Waals surface area (Å²) in [6.07, 6.45) is 4.28. The molecule has 11 heteroatoms. The topological polar surface area (TPSA) is 114 Å². The number of nitrogens with zero attached hydrogens (tertiary/aromatic N) is 4. The zero-order chi connectivity index (χ0) is 22.9. The monoisotopic (exact) mass is 472 g/mol. The number of aromatic nitrogens is 1. The van der Waals surface area contributed by atoms with Crippen molar-refractivity contribution < 1.29 is 18.1 Å². The van der Waals surface area contributed by atoms with Crippen LogP contribution in [-0.4, -0.2) is 61.6 Å². The fourth-order valence-electron chi connectivity index (χ4n) is 3.44. The predicted octanol–water partition coefficient (Wildman–Crippen LogP) is 2.97. The summed E-state index contributed by atoms with van der Waals surface area (Å²) >= 11 is 1.44. The molecule has 1 aliphatic heterocycles. The van der Waals surface area contributed by atoms with Crippen molar-refractivity contribution in [2.75, 3.05) is 37.3 Å². The van der Waals surface area contributed by atoms with Gasteiger partial charge in [-0.05, 0) is 35.9 Å². The Hall–Kier alpha value is -3.31. The SMILES string of the molecule is CS(=O)(=O)c1cccc2sc(N3CCN(C(=O)/C=C\c4ccc([N+](=O)[O-])cc4)CC3)nc12. The van der Waals surface area contributed by atoms with Crippen LogP contribution in [0.2, 0.25) is 0 Å². The maximum absolute atomic E-state index is 12.5. The fourth-order valence-corrected chi connectivity index (χ4v) is 5.39. The van der Waals surface area contributed by atoms with Gasteiger partial charge in [-0.1, -0.05) is 17.4 Å². The molecular weight excluding hydrogens is 452 g/mol. The largest absolute Gasteiger partial charge is 0.345 e. The molecule has 9 nitrogen and oxygen atoms in total. The molecule has 1 aromatic heterocycles. The Labute approximate surface area is 188 Å². The second-order valence-corrected chi connectivity index (χ2v) is 10.4. The molecular formula is C21H20N4O5S2. The Morgan fingerprint density at radius 1 is 1.12 bits per heavy atom. The third-order valence-electron chi connectivity index (χ3n) is 5.15. The van der Waals surface area contributed by atoms with Crippen LogP contribution in [0.1, 0.15) is 5.56 Å². The highest BCUT2D eigenvalue weighted by Crippen LogP contribution is 2.33. The second kappa shape index (κ2) is 8.67. The van der Waals surface area contributed by atoms with Crippen LogP contribution in [0.4, 0.5) is 10.8 Å². The summed E-state index contributed by atoms with van der Waals surface area (Å²) < 4.78 is 24.9. The number of sulfone groups is 1. The van der Waals surface area contributed by atoms with Gasteiger partial charge in [0.05, 0.1) is 14.5 Å². The molecule has 0 atom stereocenters. The van der Waals surface area contributed by atoms with Gasteiger partial charge in [-0.3, -0.25) is 14.9 Å². The van der Waals surface area contributed by atoms with Gasteiger partial charge in [0.1, 0.15) is 5.52 Å². The van der Waals surface area contributed by atoms with Gasteiger partial charge >= 0.3 is 0 Å². The number of nitro groups is 1. The Kier molecular flexibility index (Phi) is 5.94. The highest BCUT2D eigenvalue weighted by molar-refractivity contribution is 7.91. The summed E-state index contributed by atoms with van der Waals surface area (Å²) in [5.41, 5.74) is 1.20. The van der Waals surface area contributed by atoms with Crippen LogP contribution in [0.15, 0.2) is 53.4 Å². The van der Waals surface area contributed by atoms with Gasteiger partial charge in [0.15, 0.2) is 15.0 Å². The smallest absolute Gasteiger partial charge is 0.269 e. The van der Waals surface area contributed by atoms with E-state index in [1.807, 2.05) is 6.07 Å². The zero-order valence-electron chi connectivity index (χ0n) is 17.2. The molecule has 166 valence electrons. The van der Waals surface area contributed by atoms with Crippen molar-refractivity contribution in [3.63, 3.8) is 0 Å². The first-order valence-electron chi connectivity index (χ1n) is 9.78. The lowest BCUT2D eigenvalue weighted by Crippen LogP contribution is -2.48. The lowest BCUT2D eigenvalue weighted by Gasteiger charge is -2.34. The van der Waals surface area contributed by atoms with E-state index in [4.69, 9.17) is 0 Å². The summed E-state index contributed by atoms with van der Waals surface area (Å²) in [5.74, 6) is -0.133. The van der Waals surface area contributed by atoms with E-state index in [9.17, 15) is 23.3 Å². The number of anilines is 1. The first kappa shape index (κ1) is 21.9. The number of amides is 1. The summed E-state index contributed by atoms with van der Waals surface area (Å²) in [5, 5.41) is 11.5. The summed E-state index contributed by atoms with van der Waals surface area (Å²) in [4.78, 5) is 31.3. The van der Waals surface area contributed by atoms with E-state index in [1.165, 1.54) is 35.8 Å². The van der Waals surface area contributed by atoms with Crippen LogP contribution in [0.25, 0.3) is 16.3 Å². The molecule has 0 radical (unpaired) electrons. The average Bonchev–Trinajstić information content (AvgIpc) is 3.21. The normalized spacial score (nSPS) is 14.9. The molecule has 3 aromatic rings. The third kappa shape index (κ3) is 4.63. The predicted molar refractivity (Wildman–Crippen MR) is 124 cm³/mol. The average molecular weight is 473 g/mol. The Morgan fingerprint density at radius 2 is 1.81 bits per heavy atom. The highest BCUT2D eigenvalue weighted by Gasteiger charge is 2.23. The van der Waals surface area contributed by atoms with Crippen molar-refractivity contribution in [3.05, 3.63) is 64.2 Å². The van der Waals surface area contributed by atoms with Gasteiger partial charge in [-0.15, -0.1) is 0 Å². The van der Waals surface area contributed by atoms with Crippen molar-refractivity contribution in [2.24, 2.45) is 0 Å². The van der Waals surface area contributed by atoms with E-state index >= 15 is 0 Å². The molecule has 2 aromatic carbocycles. The summed E-state index contributed by atoms with van der Waals surface area (Å²) in [6.45, 7) is 2.20. The molecule has 0 spiro atoms. The minimum Gasteiger partial charge on any atom is -0.345 e. The summed E-state index contributed by atoms with van der Waals surface area (Å²) in [7, 11) is -3.37. The molecule has 4 rings (SSSR count). The highest BCUT2D eigenvalue weighted by atomic mass is 32.2. The van der Waals surface area contributed by atoms with E-state index in [0.29, 0.717) is 37.3 Å². The first-order chi connectivity index (χ1) is 15.2. The van der Waals surface area contributed by atoms with Crippen molar-refractivity contribution in [2.45, 2.75) is 4.90 Å². The molecule has 0 unspecified atom stereocenters. The van der Waals surface area contributed by atoms with E-state index in [2.05, 4.69) is 9.88 Å². The summed E-state index contributed by atoms with van der Waals surface area (Å²) in [6, 6.07) is 11.1. The molecule has 1 aliphatic rings.